The molecule has 13 heavy (non-hydrogen) atoms. The van der Waals surface area contributed by atoms with E-state index in [0.717, 1.165) is 20.8 Å². The fourth-order valence-corrected chi connectivity index (χ4v) is 1.65. The van der Waals surface area contributed by atoms with Gasteiger partial charge in [0.2, 0.25) is 0 Å². The predicted molar refractivity (Wildman–Crippen MR) is 61.6 cm³/mol. The Kier molecular flexibility index (Phi) is 4.39. The average Bonchev–Trinajstić information content (AvgIpc) is 2.11. The third-order valence-electron chi connectivity index (χ3n) is 1.49. The molecule has 0 bridgehead atoms. The van der Waals surface area contributed by atoms with E-state index in [4.69, 9.17) is 0 Å². The van der Waals surface area contributed by atoms with E-state index in [0.29, 0.717) is 6.42 Å². The van der Waals surface area contributed by atoms with Crippen molar-refractivity contribution in [1.29, 1.82) is 0 Å². The molecule has 0 atom stereocenters. The second-order valence-electron chi connectivity index (χ2n) is 2.47. The largest absolute Gasteiger partial charge is 0.303 e. The molecule has 0 heterocycles. The van der Waals surface area contributed by atoms with E-state index in [9.17, 15) is 4.79 Å². The summed E-state index contributed by atoms with van der Waals surface area (Å²) in [7, 11) is 0. The lowest BCUT2D eigenvalue weighted by Crippen LogP contribution is -1.76. The molecule has 0 unspecified atom stereocenters. The minimum absolute atomic E-state index is 0.457. The van der Waals surface area contributed by atoms with Crippen molar-refractivity contribution >= 4 is 44.2 Å². The summed E-state index contributed by atoms with van der Waals surface area (Å²) in [6.07, 6.45) is 5.09. The molecule has 1 aromatic rings. The zero-order valence-corrected chi connectivity index (χ0v) is 10.0. The van der Waals surface area contributed by atoms with Gasteiger partial charge in [0, 0.05) is 15.4 Å². The summed E-state index contributed by atoms with van der Waals surface area (Å²) in [6.45, 7) is 0. The summed E-state index contributed by atoms with van der Waals surface area (Å²) in [6, 6.07) is 5.91. The first-order chi connectivity index (χ1) is 6.24. The smallest absolute Gasteiger partial charge is 0.123 e. The van der Waals surface area contributed by atoms with Gasteiger partial charge in [0.05, 0.1) is 0 Å². The van der Waals surface area contributed by atoms with Crippen molar-refractivity contribution in [3.63, 3.8) is 0 Å². The quantitative estimate of drug-likeness (QED) is 0.776. The standard InChI is InChI=1S/C10H8Br2O/c11-9-4-5-10(12)8(7-9)3-1-2-6-13/h1,3-7H,2H2. The normalized spacial score (nSPS) is 10.6. The van der Waals surface area contributed by atoms with E-state index in [1.807, 2.05) is 30.4 Å². The summed E-state index contributed by atoms with van der Waals surface area (Å²) in [4.78, 5) is 10.1. The lowest BCUT2D eigenvalue weighted by molar-refractivity contribution is -0.107. The van der Waals surface area contributed by atoms with Crippen molar-refractivity contribution in [2.45, 2.75) is 6.42 Å². The zero-order chi connectivity index (χ0) is 9.68. The van der Waals surface area contributed by atoms with Crippen LogP contribution in [0.25, 0.3) is 6.08 Å². The molecule has 0 aliphatic heterocycles. The maximum Gasteiger partial charge on any atom is 0.123 e. The Hall–Kier alpha value is -0.410. The highest BCUT2D eigenvalue weighted by molar-refractivity contribution is 9.11. The van der Waals surface area contributed by atoms with Crippen molar-refractivity contribution in [3.8, 4) is 0 Å². The summed E-state index contributed by atoms with van der Waals surface area (Å²) in [5.41, 5.74) is 1.07. The molecule has 0 fully saturated rings. The maximum atomic E-state index is 10.1. The van der Waals surface area contributed by atoms with Crippen LogP contribution in [0.5, 0.6) is 0 Å². The third-order valence-corrected chi connectivity index (χ3v) is 2.70. The maximum absolute atomic E-state index is 10.1. The molecule has 0 saturated heterocycles. The van der Waals surface area contributed by atoms with E-state index in [2.05, 4.69) is 31.9 Å². The minimum Gasteiger partial charge on any atom is -0.303 e. The Morgan fingerprint density at radius 1 is 1.31 bits per heavy atom. The van der Waals surface area contributed by atoms with Crippen LogP contribution >= 0.6 is 31.9 Å². The number of halogens is 2. The number of rotatable bonds is 3. The van der Waals surface area contributed by atoms with Crippen LogP contribution in [-0.4, -0.2) is 6.29 Å². The Labute approximate surface area is 94.1 Å². The topological polar surface area (TPSA) is 17.1 Å². The summed E-state index contributed by atoms with van der Waals surface area (Å²) in [5, 5.41) is 0. The Bertz CT molecular complexity index is 332. The molecular formula is C10H8Br2O. The molecule has 1 nitrogen and oxygen atoms in total. The Balaban J connectivity index is 2.86. The molecule has 68 valence electrons. The average molecular weight is 304 g/mol. The van der Waals surface area contributed by atoms with Gasteiger partial charge in [0.1, 0.15) is 6.29 Å². The SMILES string of the molecule is O=CCC=Cc1cc(Br)ccc1Br. The summed E-state index contributed by atoms with van der Waals surface area (Å²) < 4.78 is 2.05. The van der Waals surface area contributed by atoms with Gasteiger partial charge in [-0.15, -0.1) is 0 Å². The number of aldehydes is 1. The van der Waals surface area contributed by atoms with Crippen LogP contribution in [-0.2, 0) is 4.79 Å². The van der Waals surface area contributed by atoms with Crippen molar-refractivity contribution in [3.05, 3.63) is 38.8 Å². The minimum atomic E-state index is 0.457. The summed E-state index contributed by atoms with van der Waals surface area (Å²) >= 11 is 6.80. The van der Waals surface area contributed by atoms with Crippen LogP contribution in [0.2, 0.25) is 0 Å². The van der Waals surface area contributed by atoms with E-state index >= 15 is 0 Å². The Morgan fingerprint density at radius 2 is 2.08 bits per heavy atom. The lowest BCUT2D eigenvalue weighted by atomic mass is 10.2. The molecule has 0 N–H and O–H groups in total. The van der Waals surface area contributed by atoms with Gasteiger partial charge in [-0.1, -0.05) is 44.0 Å². The predicted octanol–water partition coefficient (Wildman–Crippen LogP) is 3.81. The first-order valence-electron chi connectivity index (χ1n) is 3.79. The van der Waals surface area contributed by atoms with Gasteiger partial charge < -0.3 is 4.79 Å². The third kappa shape index (κ3) is 3.44. The molecule has 0 radical (unpaired) electrons. The highest BCUT2D eigenvalue weighted by Gasteiger charge is 1.95. The van der Waals surface area contributed by atoms with Gasteiger partial charge in [0.15, 0.2) is 0 Å². The van der Waals surface area contributed by atoms with Crippen molar-refractivity contribution in [2.75, 3.05) is 0 Å². The molecule has 0 saturated carbocycles. The van der Waals surface area contributed by atoms with E-state index in [1.54, 1.807) is 0 Å². The van der Waals surface area contributed by atoms with Crippen molar-refractivity contribution in [1.82, 2.24) is 0 Å². The molecule has 0 amide bonds. The molecule has 3 heteroatoms. The van der Waals surface area contributed by atoms with Gasteiger partial charge in [-0.2, -0.15) is 0 Å². The van der Waals surface area contributed by atoms with Gasteiger partial charge >= 0.3 is 0 Å². The number of benzene rings is 1. The zero-order valence-electron chi connectivity index (χ0n) is 6.84. The second kappa shape index (κ2) is 5.35. The molecule has 0 aromatic heterocycles. The van der Waals surface area contributed by atoms with Gasteiger partial charge in [-0.25, -0.2) is 0 Å². The lowest BCUT2D eigenvalue weighted by Gasteiger charge is -1.98. The van der Waals surface area contributed by atoms with Gasteiger partial charge in [-0.05, 0) is 23.8 Å². The monoisotopic (exact) mass is 302 g/mol. The fourth-order valence-electron chi connectivity index (χ4n) is 0.893. The van der Waals surface area contributed by atoms with Crippen LogP contribution in [0.15, 0.2) is 33.2 Å². The molecule has 0 aliphatic carbocycles. The van der Waals surface area contributed by atoms with Crippen LogP contribution in [0.4, 0.5) is 0 Å². The first-order valence-corrected chi connectivity index (χ1v) is 5.38. The molecule has 1 rings (SSSR count). The Morgan fingerprint density at radius 3 is 2.77 bits per heavy atom. The number of hydrogen-bond donors (Lipinski definition) is 0. The number of carbonyl (C=O) groups excluding carboxylic acids is 1. The number of allylic oxidation sites excluding steroid dienone is 1. The van der Waals surface area contributed by atoms with Crippen molar-refractivity contribution < 1.29 is 4.79 Å². The molecule has 0 aliphatic rings. The number of hydrogen-bond acceptors (Lipinski definition) is 1. The van der Waals surface area contributed by atoms with Crippen LogP contribution in [0.3, 0.4) is 0 Å². The van der Waals surface area contributed by atoms with Crippen LogP contribution in [0, 0.1) is 0 Å². The van der Waals surface area contributed by atoms with E-state index in [1.165, 1.54) is 0 Å². The van der Waals surface area contributed by atoms with Gasteiger partial charge in [-0.3, -0.25) is 0 Å². The van der Waals surface area contributed by atoms with Gasteiger partial charge in [0.25, 0.3) is 0 Å². The summed E-state index contributed by atoms with van der Waals surface area (Å²) in [5.74, 6) is 0. The van der Waals surface area contributed by atoms with Crippen LogP contribution < -0.4 is 0 Å². The highest BCUT2D eigenvalue weighted by Crippen LogP contribution is 2.22. The molecule has 1 aromatic carbocycles. The van der Waals surface area contributed by atoms with E-state index < -0.39 is 0 Å². The molecular weight excluding hydrogens is 296 g/mol. The first kappa shape index (κ1) is 10.7. The van der Waals surface area contributed by atoms with E-state index in [-0.39, 0.29) is 0 Å². The second-order valence-corrected chi connectivity index (χ2v) is 4.24. The van der Waals surface area contributed by atoms with Crippen molar-refractivity contribution in [2.24, 2.45) is 0 Å². The fraction of sp³-hybridized carbons (Fsp3) is 0.100. The number of carbonyl (C=O) groups is 1. The van der Waals surface area contributed by atoms with Crippen LogP contribution in [0.1, 0.15) is 12.0 Å². The molecule has 0 spiro atoms. The highest BCUT2D eigenvalue weighted by atomic mass is 79.9.